The van der Waals surface area contributed by atoms with E-state index in [9.17, 15) is 17.6 Å². The van der Waals surface area contributed by atoms with E-state index < -0.39 is 17.4 Å². The van der Waals surface area contributed by atoms with Gasteiger partial charge in [-0.15, -0.1) is 0 Å². The maximum absolute atomic E-state index is 13.3. The maximum Gasteiger partial charge on any atom is 0.394 e. The highest BCUT2D eigenvalue weighted by molar-refractivity contribution is 6.29. The number of imidazole rings is 1. The topological polar surface area (TPSA) is 42.7 Å². The van der Waals surface area contributed by atoms with Crippen molar-refractivity contribution in [3.63, 3.8) is 0 Å². The Bertz CT molecular complexity index is 948. The van der Waals surface area contributed by atoms with E-state index >= 15 is 0 Å². The number of benzene rings is 1. The zero-order valence-corrected chi connectivity index (χ0v) is 15.4. The lowest BCUT2D eigenvalue weighted by atomic mass is 9.89. The minimum absolute atomic E-state index is 0.0464. The SMILES string of the molecule is CC(C)(CCNc1nc2ccc(Cl)nc2n1-c1ccc(F)cc1)C(F)(F)F. The van der Waals surface area contributed by atoms with Gasteiger partial charge < -0.3 is 5.32 Å². The van der Waals surface area contributed by atoms with Gasteiger partial charge in [0.1, 0.15) is 16.5 Å². The van der Waals surface area contributed by atoms with E-state index in [0.29, 0.717) is 22.8 Å². The van der Waals surface area contributed by atoms with Crippen molar-refractivity contribution in [2.24, 2.45) is 5.41 Å². The van der Waals surface area contributed by atoms with Crippen molar-refractivity contribution in [3.8, 4) is 5.69 Å². The van der Waals surface area contributed by atoms with Crippen LogP contribution in [0.5, 0.6) is 0 Å². The number of pyridine rings is 1. The van der Waals surface area contributed by atoms with Gasteiger partial charge in [0.2, 0.25) is 5.95 Å². The molecule has 0 fully saturated rings. The lowest BCUT2D eigenvalue weighted by molar-refractivity contribution is -0.212. The van der Waals surface area contributed by atoms with E-state index in [1.54, 1.807) is 16.7 Å². The summed E-state index contributed by atoms with van der Waals surface area (Å²) in [5.41, 5.74) is -0.340. The Labute approximate surface area is 158 Å². The summed E-state index contributed by atoms with van der Waals surface area (Å²) in [7, 11) is 0. The standard InChI is InChI=1S/C18H17ClF4N4/c1-17(2,18(21,22)23)9-10-24-16-25-13-7-8-14(19)26-15(13)27(16)12-5-3-11(20)4-6-12/h3-8H,9-10H2,1-2H3,(H,24,25). The molecule has 0 bridgehead atoms. The van der Waals surface area contributed by atoms with Crippen LogP contribution in [0.25, 0.3) is 16.9 Å². The van der Waals surface area contributed by atoms with Gasteiger partial charge in [-0.2, -0.15) is 13.2 Å². The van der Waals surface area contributed by atoms with Crippen molar-refractivity contribution in [2.75, 3.05) is 11.9 Å². The van der Waals surface area contributed by atoms with Gasteiger partial charge in [-0.25, -0.2) is 14.4 Å². The van der Waals surface area contributed by atoms with Crippen molar-refractivity contribution in [1.29, 1.82) is 0 Å². The average molecular weight is 401 g/mol. The summed E-state index contributed by atoms with van der Waals surface area (Å²) in [6.45, 7) is 2.35. The largest absolute Gasteiger partial charge is 0.394 e. The van der Waals surface area contributed by atoms with E-state index in [1.165, 1.54) is 24.3 Å². The highest BCUT2D eigenvalue weighted by Crippen LogP contribution is 2.40. The number of rotatable bonds is 5. The summed E-state index contributed by atoms with van der Waals surface area (Å²) < 4.78 is 54.0. The molecule has 0 atom stereocenters. The van der Waals surface area contributed by atoms with Crippen LogP contribution in [0, 0.1) is 11.2 Å². The summed E-state index contributed by atoms with van der Waals surface area (Å²) in [5.74, 6) is -0.0973. The minimum atomic E-state index is -4.30. The summed E-state index contributed by atoms with van der Waals surface area (Å²) in [4.78, 5) is 8.63. The van der Waals surface area contributed by atoms with Crippen molar-refractivity contribution in [3.05, 3.63) is 47.4 Å². The van der Waals surface area contributed by atoms with Gasteiger partial charge in [0, 0.05) is 6.54 Å². The molecule has 144 valence electrons. The zero-order valence-electron chi connectivity index (χ0n) is 14.6. The number of alkyl halides is 3. The van der Waals surface area contributed by atoms with Gasteiger partial charge in [-0.1, -0.05) is 25.4 Å². The monoisotopic (exact) mass is 400 g/mol. The van der Waals surface area contributed by atoms with E-state index in [2.05, 4.69) is 15.3 Å². The number of nitrogens with zero attached hydrogens (tertiary/aromatic N) is 3. The molecule has 0 aliphatic carbocycles. The molecule has 9 heteroatoms. The molecule has 0 aliphatic rings. The first-order valence-electron chi connectivity index (χ1n) is 8.20. The Hall–Kier alpha value is -2.35. The number of hydrogen-bond donors (Lipinski definition) is 1. The molecular formula is C18H17ClF4N4. The molecule has 0 unspecified atom stereocenters. The molecule has 0 radical (unpaired) electrons. The molecule has 3 rings (SSSR count). The van der Waals surface area contributed by atoms with E-state index in [4.69, 9.17) is 11.6 Å². The van der Waals surface area contributed by atoms with Crippen LogP contribution < -0.4 is 5.32 Å². The number of anilines is 1. The molecule has 3 aromatic rings. The van der Waals surface area contributed by atoms with Gasteiger partial charge in [-0.05, 0) is 42.8 Å². The minimum Gasteiger partial charge on any atom is -0.355 e. The predicted molar refractivity (Wildman–Crippen MR) is 96.8 cm³/mol. The molecule has 1 N–H and O–H groups in total. The van der Waals surface area contributed by atoms with Crippen LogP contribution in [-0.2, 0) is 0 Å². The zero-order chi connectivity index (χ0) is 19.8. The molecular weight excluding hydrogens is 384 g/mol. The van der Waals surface area contributed by atoms with Crippen LogP contribution in [-0.4, -0.2) is 27.3 Å². The molecule has 0 saturated carbocycles. The Morgan fingerprint density at radius 2 is 1.70 bits per heavy atom. The second-order valence-corrected chi connectivity index (χ2v) is 7.17. The normalized spacial score (nSPS) is 12.6. The van der Waals surface area contributed by atoms with Crippen molar-refractivity contribution in [1.82, 2.24) is 14.5 Å². The Morgan fingerprint density at radius 3 is 2.33 bits per heavy atom. The number of aromatic nitrogens is 3. The Morgan fingerprint density at radius 1 is 1.04 bits per heavy atom. The fourth-order valence-electron chi connectivity index (χ4n) is 2.52. The summed E-state index contributed by atoms with van der Waals surface area (Å²) in [6.07, 6.45) is -4.45. The number of hydrogen-bond acceptors (Lipinski definition) is 3. The second-order valence-electron chi connectivity index (χ2n) is 6.78. The van der Waals surface area contributed by atoms with E-state index in [1.807, 2.05) is 0 Å². The predicted octanol–water partition coefficient (Wildman–Crippen LogP) is 5.60. The molecule has 0 amide bonds. The number of nitrogens with one attached hydrogen (secondary N) is 1. The Kier molecular flexibility index (Phi) is 5.03. The summed E-state index contributed by atoms with van der Waals surface area (Å²) in [5, 5.41) is 3.18. The third kappa shape index (κ3) is 4.00. The molecule has 0 saturated heterocycles. The van der Waals surface area contributed by atoms with Gasteiger partial charge in [0.05, 0.1) is 11.1 Å². The van der Waals surface area contributed by atoms with Crippen LogP contribution in [0.4, 0.5) is 23.5 Å². The van der Waals surface area contributed by atoms with Crippen LogP contribution in [0.2, 0.25) is 5.15 Å². The van der Waals surface area contributed by atoms with Crippen LogP contribution >= 0.6 is 11.6 Å². The summed E-state index contributed by atoms with van der Waals surface area (Å²) in [6, 6.07) is 8.86. The first-order chi connectivity index (χ1) is 12.6. The van der Waals surface area contributed by atoms with Gasteiger partial charge in [0.15, 0.2) is 5.65 Å². The molecule has 0 aliphatic heterocycles. The average Bonchev–Trinajstić information content (AvgIpc) is 2.92. The van der Waals surface area contributed by atoms with Crippen molar-refractivity contribution < 1.29 is 17.6 Å². The first kappa shape index (κ1) is 19.4. The summed E-state index contributed by atoms with van der Waals surface area (Å²) >= 11 is 5.97. The van der Waals surface area contributed by atoms with E-state index in [0.717, 1.165) is 13.8 Å². The molecule has 27 heavy (non-hydrogen) atoms. The highest BCUT2D eigenvalue weighted by atomic mass is 35.5. The van der Waals surface area contributed by atoms with E-state index in [-0.39, 0.29) is 18.1 Å². The molecule has 4 nitrogen and oxygen atoms in total. The van der Waals surface area contributed by atoms with Crippen LogP contribution in [0.15, 0.2) is 36.4 Å². The van der Waals surface area contributed by atoms with Gasteiger partial charge in [0.25, 0.3) is 0 Å². The molecule has 1 aromatic carbocycles. The van der Waals surface area contributed by atoms with Crippen LogP contribution in [0.1, 0.15) is 20.3 Å². The third-order valence-electron chi connectivity index (χ3n) is 4.36. The number of fused-ring (bicyclic) bond motifs is 1. The smallest absolute Gasteiger partial charge is 0.355 e. The quantitative estimate of drug-likeness (QED) is 0.447. The van der Waals surface area contributed by atoms with Gasteiger partial charge in [-0.3, -0.25) is 4.57 Å². The second kappa shape index (κ2) is 6.99. The lowest BCUT2D eigenvalue weighted by Crippen LogP contribution is -2.34. The first-order valence-corrected chi connectivity index (χ1v) is 8.58. The molecule has 2 aromatic heterocycles. The fraction of sp³-hybridized carbons (Fsp3) is 0.333. The Balaban J connectivity index is 1.95. The molecule has 2 heterocycles. The van der Waals surface area contributed by atoms with Crippen molar-refractivity contribution >= 4 is 28.7 Å². The van der Waals surface area contributed by atoms with Gasteiger partial charge >= 0.3 is 6.18 Å². The number of halogens is 5. The lowest BCUT2D eigenvalue weighted by Gasteiger charge is -2.27. The molecule has 0 spiro atoms. The van der Waals surface area contributed by atoms with Crippen molar-refractivity contribution in [2.45, 2.75) is 26.4 Å². The maximum atomic E-state index is 13.3. The van der Waals surface area contributed by atoms with Crippen LogP contribution in [0.3, 0.4) is 0 Å². The highest BCUT2D eigenvalue weighted by Gasteiger charge is 2.46. The fourth-order valence-corrected chi connectivity index (χ4v) is 2.66. The third-order valence-corrected chi connectivity index (χ3v) is 4.57.